The van der Waals surface area contributed by atoms with Gasteiger partial charge in [-0.05, 0) is 29.1 Å². The quantitative estimate of drug-likeness (QED) is 0.702. The van der Waals surface area contributed by atoms with Gasteiger partial charge < -0.3 is 19.4 Å². The average Bonchev–Trinajstić information content (AvgIpc) is 2.99. The SMILES string of the molecule is CN(Cc1nc2ccsc2c(=O)[nH]1)C(=O)Cc1cc(Cl)c2c(c1)OCCCO2. The predicted molar refractivity (Wildman–Crippen MR) is 107 cm³/mol. The van der Waals surface area contributed by atoms with Crippen molar-refractivity contribution < 1.29 is 14.3 Å². The number of hydrogen-bond donors (Lipinski definition) is 1. The Kier molecular flexibility index (Phi) is 5.23. The Hall–Kier alpha value is -2.58. The highest BCUT2D eigenvalue weighted by molar-refractivity contribution is 7.17. The molecular formula is C19H18ClN3O4S. The number of carbonyl (C=O) groups excluding carboxylic acids is 1. The zero-order chi connectivity index (χ0) is 19.7. The van der Waals surface area contributed by atoms with Crippen LogP contribution in [0.15, 0.2) is 28.4 Å². The number of fused-ring (bicyclic) bond motifs is 2. The van der Waals surface area contributed by atoms with E-state index in [2.05, 4.69) is 9.97 Å². The van der Waals surface area contributed by atoms with E-state index in [1.54, 1.807) is 25.2 Å². The Balaban J connectivity index is 1.49. The molecule has 146 valence electrons. The van der Waals surface area contributed by atoms with Gasteiger partial charge >= 0.3 is 0 Å². The molecule has 0 saturated heterocycles. The molecule has 0 fully saturated rings. The Morgan fingerprint density at radius 2 is 2.18 bits per heavy atom. The average molecular weight is 420 g/mol. The number of aromatic amines is 1. The van der Waals surface area contributed by atoms with Crippen molar-refractivity contribution in [1.82, 2.24) is 14.9 Å². The number of rotatable bonds is 4. The van der Waals surface area contributed by atoms with Crippen molar-refractivity contribution in [1.29, 1.82) is 0 Å². The maximum atomic E-state index is 12.7. The number of aromatic nitrogens is 2. The van der Waals surface area contributed by atoms with Crippen molar-refractivity contribution in [2.75, 3.05) is 20.3 Å². The van der Waals surface area contributed by atoms with Gasteiger partial charge in [0.15, 0.2) is 11.5 Å². The molecule has 1 amide bonds. The number of H-pyrrole nitrogens is 1. The zero-order valence-corrected chi connectivity index (χ0v) is 16.7. The Labute approximate surface area is 169 Å². The summed E-state index contributed by atoms with van der Waals surface area (Å²) < 4.78 is 11.9. The molecule has 3 aromatic rings. The van der Waals surface area contributed by atoms with Gasteiger partial charge in [-0.2, -0.15) is 0 Å². The number of hydrogen-bond acceptors (Lipinski definition) is 6. The van der Waals surface area contributed by atoms with Crippen LogP contribution in [0.25, 0.3) is 10.2 Å². The van der Waals surface area contributed by atoms with Crippen molar-refractivity contribution in [3.8, 4) is 11.5 Å². The van der Waals surface area contributed by atoms with Crippen LogP contribution in [0, 0.1) is 0 Å². The minimum Gasteiger partial charge on any atom is -0.489 e. The van der Waals surface area contributed by atoms with Gasteiger partial charge in [0.25, 0.3) is 5.56 Å². The van der Waals surface area contributed by atoms with E-state index in [4.69, 9.17) is 21.1 Å². The van der Waals surface area contributed by atoms with E-state index < -0.39 is 0 Å². The third kappa shape index (κ3) is 3.83. The van der Waals surface area contributed by atoms with E-state index in [1.165, 1.54) is 16.2 Å². The highest BCUT2D eigenvalue weighted by atomic mass is 35.5. The second-order valence-electron chi connectivity index (χ2n) is 6.53. The lowest BCUT2D eigenvalue weighted by molar-refractivity contribution is -0.129. The highest BCUT2D eigenvalue weighted by Gasteiger charge is 2.18. The normalized spacial score (nSPS) is 13.4. The van der Waals surface area contributed by atoms with Crippen LogP contribution >= 0.6 is 22.9 Å². The van der Waals surface area contributed by atoms with Gasteiger partial charge in [0.2, 0.25) is 5.91 Å². The van der Waals surface area contributed by atoms with Gasteiger partial charge in [-0.15, -0.1) is 11.3 Å². The molecule has 9 heteroatoms. The van der Waals surface area contributed by atoms with Crippen LogP contribution in [0.3, 0.4) is 0 Å². The van der Waals surface area contributed by atoms with Gasteiger partial charge in [0.1, 0.15) is 10.5 Å². The zero-order valence-electron chi connectivity index (χ0n) is 15.2. The van der Waals surface area contributed by atoms with Crippen LogP contribution < -0.4 is 15.0 Å². The van der Waals surface area contributed by atoms with Crippen LogP contribution in [0.5, 0.6) is 11.5 Å². The van der Waals surface area contributed by atoms with Gasteiger partial charge in [-0.3, -0.25) is 9.59 Å². The van der Waals surface area contributed by atoms with Gasteiger partial charge in [-0.1, -0.05) is 11.6 Å². The molecule has 0 unspecified atom stereocenters. The van der Waals surface area contributed by atoms with E-state index >= 15 is 0 Å². The Morgan fingerprint density at radius 3 is 3.04 bits per heavy atom. The summed E-state index contributed by atoms with van der Waals surface area (Å²) >= 11 is 7.64. The number of likely N-dealkylation sites (N-methyl/N-ethyl adjacent to an activating group) is 1. The largest absolute Gasteiger partial charge is 0.489 e. The Morgan fingerprint density at radius 1 is 1.36 bits per heavy atom. The molecule has 2 aromatic heterocycles. The number of amides is 1. The monoisotopic (exact) mass is 419 g/mol. The number of nitrogens with one attached hydrogen (secondary N) is 1. The van der Waals surface area contributed by atoms with Crippen LogP contribution in [0.4, 0.5) is 0 Å². The lowest BCUT2D eigenvalue weighted by Gasteiger charge is -2.17. The molecule has 0 bridgehead atoms. The fraction of sp³-hybridized carbons (Fsp3) is 0.316. The van der Waals surface area contributed by atoms with Crippen molar-refractivity contribution in [3.05, 3.63) is 50.3 Å². The molecule has 1 N–H and O–H groups in total. The number of nitrogens with zero attached hydrogens (tertiary/aromatic N) is 2. The van der Waals surface area contributed by atoms with Crippen LogP contribution in [-0.4, -0.2) is 41.0 Å². The second-order valence-corrected chi connectivity index (χ2v) is 7.85. The summed E-state index contributed by atoms with van der Waals surface area (Å²) in [6.07, 6.45) is 0.930. The number of thiophene rings is 1. The maximum absolute atomic E-state index is 12.7. The molecule has 4 rings (SSSR count). The smallest absolute Gasteiger partial charge is 0.268 e. The topological polar surface area (TPSA) is 84.5 Å². The Bertz CT molecular complexity index is 1090. The van der Waals surface area contributed by atoms with Gasteiger partial charge in [-0.25, -0.2) is 4.98 Å². The summed E-state index contributed by atoms with van der Waals surface area (Å²) in [4.78, 5) is 33.4. The van der Waals surface area contributed by atoms with E-state index in [1.807, 2.05) is 5.38 Å². The minimum atomic E-state index is -0.189. The third-order valence-electron chi connectivity index (χ3n) is 4.39. The van der Waals surface area contributed by atoms with Gasteiger partial charge in [0.05, 0.1) is 36.7 Å². The predicted octanol–water partition coefficient (Wildman–Crippen LogP) is 3.00. The molecule has 7 nitrogen and oxygen atoms in total. The molecule has 3 heterocycles. The summed E-state index contributed by atoms with van der Waals surface area (Å²) in [6.45, 7) is 1.30. The van der Waals surface area contributed by atoms with Crippen molar-refractivity contribution >= 4 is 39.1 Å². The molecule has 0 radical (unpaired) electrons. The second kappa shape index (κ2) is 7.81. The molecule has 0 saturated carbocycles. The number of carbonyl (C=O) groups is 1. The summed E-state index contributed by atoms with van der Waals surface area (Å²) in [5.41, 5.74) is 1.19. The lowest BCUT2D eigenvalue weighted by Crippen LogP contribution is -2.29. The molecule has 0 spiro atoms. The highest BCUT2D eigenvalue weighted by Crippen LogP contribution is 2.38. The van der Waals surface area contributed by atoms with E-state index in [0.29, 0.717) is 45.8 Å². The van der Waals surface area contributed by atoms with Crippen LogP contribution in [0.2, 0.25) is 5.02 Å². The fourth-order valence-corrected chi connectivity index (χ4v) is 4.02. The first-order chi connectivity index (χ1) is 13.5. The standard InChI is InChI=1S/C19H18ClN3O4S/c1-23(10-15-21-13-3-6-28-18(13)19(25)22-15)16(24)9-11-7-12(20)17-14(8-11)26-4-2-5-27-17/h3,6-8H,2,4-5,9-10H2,1H3,(H,21,22,25). The first-order valence-corrected chi connectivity index (χ1v) is 10.1. The maximum Gasteiger partial charge on any atom is 0.268 e. The molecule has 1 aliphatic rings. The van der Waals surface area contributed by atoms with Crippen molar-refractivity contribution in [3.63, 3.8) is 0 Å². The number of benzene rings is 1. The molecule has 0 aliphatic carbocycles. The number of ether oxygens (including phenoxy) is 2. The first kappa shape index (κ1) is 18.8. The molecule has 1 aromatic carbocycles. The molecule has 28 heavy (non-hydrogen) atoms. The molecule has 0 atom stereocenters. The third-order valence-corrected chi connectivity index (χ3v) is 5.58. The minimum absolute atomic E-state index is 0.126. The molecular weight excluding hydrogens is 402 g/mol. The lowest BCUT2D eigenvalue weighted by atomic mass is 10.1. The summed E-state index contributed by atoms with van der Waals surface area (Å²) in [5.74, 6) is 1.40. The summed E-state index contributed by atoms with van der Waals surface area (Å²) in [5, 5.41) is 2.25. The van der Waals surface area contributed by atoms with Gasteiger partial charge in [0, 0.05) is 13.5 Å². The fourth-order valence-electron chi connectivity index (χ4n) is 3.01. The van der Waals surface area contributed by atoms with Crippen molar-refractivity contribution in [2.45, 2.75) is 19.4 Å². The van der Waals surface area contributed by atoms with E-state index in [0.717, 1.165) is 12.0 Å². The summed E-state index contributed by atoms with van der Waals surface area (Å²) in [6, 6.07) is 5.30. The van der Waals surface area contributed by atoms with E-state index in [-0.39, 0.29) is 24.4 Å². The van der Waals surface area contributed by atoms with Crippen LogP contribution in [0.1, 0.15) is 17.8 Å². The van der Waals surface area contributed by atoms with Crippen molar-refractivity contribution in [2.24, 2.45) is 0 Å². The molecule has 1 aliphatic heterocycles. The number of halogens is 1. The van der Waals surface area contributed by atoms with E-state index in [9.17, 15) is 9.59 Å². The summed E-state index contributed by atoms with van der Waals surface area (Å²) in [7, 11) is 1.67. The first-order valence-electron chi connectivity index (χ1n) is 8.79. The van der Waals surface area contributed by atoms with Crippen LogP contribution in [-0.2, 0) is 17.8 Å².